The van der Waals surface area contributed by atoms with Gasteiger partial charge in [-0.2, -0.15) is 0 Å². The largest absolute Gasteiger partial charge is 0.410 e. The summed E-state index contributed by atoms with van der Waals surface area (Å²) >= 11 is 2.32. The monoisotopic (exact) mass is 248 g/mol. The maximum atomic E-state index is 11.9. The van der Waals surface area contributed by atoms with Crippen LogP contribution in [-0.2, 0) is 0 Å². The Kier molecular flexibility index (Phi) is 3.32. The molecule has 0 aliphatic heterocycles. The van der Waals surface area contributed by atoms with Crippen LogP contribution < -0.4 is 0 Å². The normalized spacial score (nSPS) is 11.1. The third kappa shape index (κ3) is 2.75. The number of thiophene rings is 1. The van der Waals surface area contributed by atoms with Gasteiger partial charge in [0.25, 0.3) is 11.1 Å². The molecular formula is C8H6F2N2OS2. The van der Waals surface area contributed by atoms with E-state index in [1.54, 1.807) is 0 Å². The smallest absolute Gasteiger partial charge is 0.277 e. The van der Waals surface area contributed by atoms with E-state index in [-0.39, 0.29) is 11.0 Å². The average molecular weight is 248 g/mol. The summed E-state index contributed by atoms with van der Waals surface area (Å²) in [5.41, 5.74) is 0. The summed E-state index contributed by atoms with van der Waals surface area (Å²) in [4.78, 5) is 0.839. The molecule has 80 valence electrons. The highest BCUT2D eigenvalue weighted by Gasteiger charge is 2.11. The predicted octanol–water partition coefficient (Wildman–Crippen LogP) is 3.16. The molecule has 2 aromatic rings. The Morgan fingerprint density at radius 2 is 2.33 bits per heavy atom. The summed E-state index contributed by atoms with van der Waals surface area (Å²) in [6.45, 7) is 0. The first-order valence-corrected chi connectivity index (χ1v) is 5.90. The molecule has 2 aromatic heterocycles. The Balaban J connectivity index is 2.04. The third-order valence-electron chi connectivity index (χ3n) is 1.47. The first kappa shape index (κ1) is 10.6. The molecule has 0 amide bonds. The summed E-state index contributed by atoms with van der Waals surface area (Å²) < 4.78 is 29.0. The number of aromatic nitrogens is 2. The molecule has 0 fully saturated rings. The van der Waals surface area contributed by atoms with Gasteiger partial charge in [0.05, 0.1) is 10.6 Å². The van der Waals surface area contributed by atoms with Crippen molar-refractivity contribution in [3.8, 4) is 10.8 Å². The van der Waals surface area contributed by atoms with Crippen LogP contribution in [-0.4, -0.2) is 22.4 Å². The topological polar surface area (TPSA) is 38.9 Å². The van der Waals surface area contributed by atoms with Gasteiger partial charge in [0.1, 0.15) is 0 Å². The molecule has 0 N–H and O–H groups in total. The molecule has 3 nitrogen and oxygen atoms in total. The number of hydrogen-bond acceptors (Lipinski definition) is 5. The van der Waals surface area contributed by atoms with Crippen molar-refractivity contribution in [3.63, 3.8) is 0 Å². The fraction of sp³-hybridized carbons (Fsp3) is 0.250. The zero-order chi connectivity index (χ0) is 10.7. The SMILES string of the molecule is FC(F)CSc1nnc(-c2cccs2)o1. The minimum Gasteiger partial charge on any atom is -0.410 e. The molecule has 0 bridgehead atoms. The maximum absolute atomic E-state index is 11.9. The summed E-state index contributed by atoms with van der Waals surface area (Å²) in [6, 6.07) is 3.69. The number of halogens is 2. The lowest BCUT2D eigenvalue weighted by Crippen LogP contribution is -1.92. The molecule has 7 heteroatoms. The van der Waals surface area contributed by atoms with Crippen LogP contribution in [0.15, 0.2) is 27.2 Å². The van der Waals surface area contributed by atoms with Gasteiger partial charge in [-0.1, -0.05) is 17.8 Å². The van der Waals surface area contributed by atoms with Crippen molar-refractivity contribution in [2.45, 2.75) is 11.6 Å². The minimum absolute atomic E-state index is 0.179. The molecule has 0 saturated heterocycles. The van der Waals surface area contributed by atoms with Gasteiger partial charge in [-0.15, -0.1) is 21.5 Å². The molecule has 0 radical (unpaired) electrons. The number of alkyl halides is 2. The standard InChI is InChI=1S/C8H6F2N2OS2/c9-6(10)4-15-8-12-11-7(13-8)5-2-1-3-14-5/h1-3,6H,4H2. The van der Waals surface area contributed by atoms with E-state index in [9.17, 15) is 8.78 Å². The highest BCUT2D eigenvalue weighted by molar-refractivity contribution is 7.99. The van der Waals surface area contributed by atoms with Crippen molar-refractivity contribution in [1.29, 1.82) is 0 Å². The van der Waals surface area contributed by atoms with Crippen molar-refractivity contribution in [1.82, 2.24) is 10.2 Å². The molecule has 0 aromatic carbocycles. The summed E-state index contributed by atoms with van der Waals surface area (Å²) in [5, 5.41) is 9.49. The van der Waals surface area contributed by atoms with Gasteiger partial charge in [0.15, 0.2) is 0 Å². The van der Waals surface area contributed by atoms with Gasteiger partial charge in [0.2, 0.25) is 6.43 Å². The first-order chi connectivity index (χ1) is 7.25. The van der Waals surface area contributed by atoms with Crippen molar-refractivity contribution >= 4 is 23.1 Å². The van der Waals surface area contributed by atoms with Crippen LogP contribution >= 0.6 is 23.1 Å². The highest BCUT2D eigenvalue weighted by atomic mass is 32.2. The predicted molar refractivity (Wildman–Crippen MR) is 54.3 cm³/mol. The lowest BCUT2D eigenvalue weighted by molar-refractivity contribution is 0.176. The van der Waals surface area contributed by atoms with E-state index in [1.165, 1.54) is 11.3 Å². The lowest BCUT2D eigenvalue weighted by atomic mass is 10.5. The Morgan fingerprint density at radius 1 is 1.47 bits per heavy atom. The van der Waals surface area contributed by atoms with E-state index in [4.69, 9.17) is 4.42 Å². The van der Waals surface area contributed by atoms with Crippen LogP contribution in [0.1, 0.15) is 0 Å². The van der Waals surface area contributed by atoms with Crippen molar-refractivity contribution in [3.05, 3.63) is 17.5 Å². The first-order valence-electron chi connectivity index (χ1n) is 4.04. The molecule has 0 atom stereocenters. The molecule has 0 spiro atoms. The summed E-state index contributed by atoms with van der Waals surface area (Å²) in [7, 11) is 0. The molecule has 2 rings (SSSR count). The van der Waals surface area contributed by atoms with Crippen molar-refractivity contribution in [2.75, 3.05) is 5.75 Å². The van der Waals surface area contributed by atoms with Crippen LogP contribution in [0, 0.1) is 0 Å². The molecule has 0 unspecified atom stereocenters. The Hall–Kier alpha value is -0.950. The number of rotatable bonds is 4. The molecule has 15 heavy (non-hydrogen) atoms. The molecule has 0 saturated carbocycles. The van der Waals surface area contributed by atoms with E-state index < -0.39 is 6.43 Å². The molecule has 2 heterocycles. The molecule has 0 aliphatic carbocycles. The van der Waals surface area contributed by atoms with E-state index in [2.05, 4.69) is 10.2 Å². The fourth-order valence-corrected chi connectivity index (χ4v) is 2.05. The van der Waals surface area contributed by atoms with E-state index in [0.29, 0.717) is 5.89 Å². The van der Waals surface area contributed by atoms with Crippen molar-refractivity contribution < 1.29 is 13.2 Å². The summed E-state index contributed by atoms with van der Waals surface area (Å²) in [5.74, 6) is 0.0493. The molecule has 0 aliphatic rings. The van der Waals surface area contributed by atoms with E-state index in [1.807, 2.05) is 17.5 Å². The highest BCUT2D eigenvalue weighted by Crippen LogP contribution is 2.26. The zero-order valence-corrected chi connectivity index (χ0v) is 9.02. The number of hydrogen-bond donors (Lipinski definition) is 0. The second-order valence-electron chi connectivity index (χ2n) is 2.55. The van der Waals surface area contributed by atoms with Gasteiger partial charge in [-0.3, -0.25) is 0 Å². The number of thioether (sulfide) groups is 1. The Labute approximate surface area is 92.5 Å². The Bertz CT molecular complexity index is 416. The van der Waals surface area contributed by atoms with E-state index >= 15 is 0 Å². The quantitative estimate of drug-likeness (QED) is 0.779. The van der Waals surface area contributed by atoms with Crippen LogP contribution in [0.4, 0.5) is 8.78 Å². The van der Waals surface area contributed by atoms with Gasteiger partial charge in [0, 0.05) is 0 Å². The minimum atomic E-state index is -2.37. The van der Waals surface area contributed by atoms with Gasteiger partial charge >= 0.3 is 0 Å². The van der Waals surface area contributed by atoms with Crippen LogP contribution in [0.5, 0.6) is 0 Å². The molecular weight excluding hydrogens is 242 g/mol. The lowest BCUT2D eigenvalue weighted by Gasteiger charge is -1.92. The van der Waals surface area contributed by atoms with Crippen LogP contribution in [0.2, 0.25) is 0 Å². The van der Waals surface area contributed by atoms with Crippen LogP contribution in [0.25, 0.3) is 10.8 Å². The number of nitrogens with zero attached hydrogens (tertiary/aromatic N) is 2. The average Bonchev–Trinajstić information content (AvgIpc) is 2.85. The second-order valence-corrected chi connectivity index (χ2v) is 4.47. The van der Waals surface area contributed by atoms with Gasteiger partial charge < -0.3 is 4.42 Å². The summed E-state index contributed by atoms with van der Waals surface area (Å²) in [6.07, 6.45) is -2.37. The van der Waals surface area contributed by atoms with E-state index in [0.717, 1.165) is 16.6 Å². The second kappa shape index (κ2) is 4.71. The maximum Gasteiger partial charge on any atom is 0.277 e. The fourth-order valence-electron chi connectivity index (χ4n) is 0.902. The third-order valence-corrected chi connectivity index (χ3v) is 3.16. The zero-order valence-electron chi connectivity index (χ0n) is 7.39. The van der Waals surface area contributed by atoms with Gasteiger partial charge in [-0.25, -0.2) is 8.78 Å². The van der Waals surface area contributed by atoms with Crippen molar-refractivity contribution in [2.24, 2.45) is 0 Å². The van der Waals surface area contributed by atoms with Crippen LogP contribution in [0.3, 0.4) is 0 Å². The van der Waals surface area contributed by atoms with Gasteiger partial charge in [-0.05, 0) is 11.4 Å². The Morgan fingerprint density at radius 3 is 3.00 bits per heavy atom.